The smallest absolute Gasteiger partial charge is 0.307 e. The number of hydrogen-bond donors (Lipinski definition) is 1. The maximum Gasteiger partial charge on any atom is 0.307 e. The fourth-order valence-corrected chi connectivity index (χ4v) is 3.20. The molecule has 2 aromatic rings. The van der Waals surface area contributed by atoms with Crippen LogP contribution in [0.15, 0.2) is 42.5 Å². The van der Waals surface area contributed by atoms with Gasteiger partial charge < -0.3 is 5.11 Å². The maximum atomic E-state index is 11.3. The van der Waals surface area contributed by atoms with E-state index in [1.54, 1.807) is 0 Å². The van der Waals surface area contributed by atoms with E-state index < -0.39 is 5.97 Å². The van der Waals surface area contributed by atoms with Gasteiger partial charge >= 0.3 is 5.97 Å². The molecule has 18 heavy (non-hydrogen) atoms. The number of fused-ring (bicyclic) bond motifs is 1. The molecule has 0 aromatic heterocycles. The molecule has 1 aliphatic carbocycles. The van der Waals surface area contributed by atoms with Crippen LogP contribution in [-0.4, -0.2) is 11.1 Å². The van der Waals surface area contributed by atoms with Crippen molar-refractivity contribution >= 4 is 16.7 Å². The van der Waals surface area contributed by atoms with Crippen LogP contribution in [0.25, 0.3) is 10.8 Å². The Morgan fingerprint density at radius 2 is 1.78 bits per heavy atom. The summed E-state index contributed by atoms with van der Waals surface area (Å²) in [5, 5.41) is 11.7. The summed E-state index contributed by atoms with van der Waals surface area (Å²) in [5.41, 5.74) is 1.03. The lowest BCUT2D eigenvalue weighted by atomic mass is 9.97. The molecule has 0 bridgehead atoms. The van der Waals surface area contributed by atoms with Crippen molar-refractivity contribution < 1.29 is 9.90 Å². The topological polar surface area (TPSA) is 37.3 Å². The second kappa shape index (κ2) is 3.58. The zero-order valence-electron chi connectivity index (χ0n) is 10.6. The molecule has 2 nitrogen and oxygen atoms in total. The van der Waals surface area contributed by atoms with E-state index >= 15 is 0 Å². The van der Waals surface area contributed by atoms with Crippen molar-refractivity contribution in [2.24, 2.45) is 11.3 Å². The van der Waals surface area contributed by atoms with Crippen molar-refractivity contribution in [3.05, 3.63) is 48.0 Å². The molecular weight excluding hydrogens is 224 g/mol. The highest BCUT2D eigenvalue weighted by Crippen LogP contribution is 2.65. The Morgan fingerprint density at radius 3 is 2.44 bits per heavy atom. The predicted octanol–water partition coefficient (Wildman–Crippen LogP) is 3.66. The third-order valence-corrected chi connectivity index (χ3v) is 4.25. The molecule has 92 valence electrons. The largest absolute Gasteiger partial charge is 0.481 e. The number of aliphatic carboxylic acids is 1. The van der Waals surface area contributed by atoms with Crippen LogP contribution >= 0.6 is 0 Å². The average Bonchev–Trinajstić information content (AvgIpc) is 2.91. The predicted molar refractivity (Wildman–Crippen MR) is 71.6 cm³/mol. The molecule has 1 saturated carbocycles. The Kier molecular flexibility index (Phi) is 2.24. The monoisotopic (exact) mass is 240 g/mol. The van der Waals surface area contributed by atoms with E-state index in [0.29, 0.717) is 0 Å². The fourth-order valence-electron chi connectivity index (χ4n) is 3.20. The summed E-state index contributed by atoms with van der Waals surface area (Å²) < 4.78 is 0. The molecule has 3 rings (SSSR count). The van der Waals surface area contributed by atoms with Gasteiger partial charge in [0, 0.05) is 5.92 Å². The van der Waals surface area contributed by atoms with E-state index in [4.69, 9.17) is 0 Å². The second-order valence-corrected chi connectivity index (χ2v) is 5.68. The van der Waals surface area contributed by atoms with E-state index in [9.17, 15) is 9.90 Å². The van der Waals surface area contributed by atoms with E-state index in [1.165, 1.54) is 16.3 Å². The van der Waals surface area contributed by atoms with Crippen molar-refractivity contribution in [1.82, 2.24) is 0 Å². The van der Waals surface area contributed by atoms with Crippen LogP contribution in [0, 0.1) is 11.3 Å². The first-order valence-electron chi connectivity index (χ1n) is 6.24. The van der Waals surface area contributed by atoms with Crippen molar-refractivity contribution in [3.8, 4) is 0 Å². The summed E-state index contributed by atoms with van der Waals surface area (Å²) in [7, 11) is 0. The Hall–Kier alpha value is -1.83. The van der Waals surface area contributed by atoms with E-state index in [0.717, 1.165) is 0 Å². The average molecular weight is 240 g/mol. The highest BCUT2D eigenvalue weighted by Gasteiger charge is 2.62. The molecule has 0 heterocycles. The first-order valence-corrected chi connectivity index (χ1v) is 6.24. The van der Waals surface area contributed by atoms with Crippen LogP contribution in [0.5, 0.6) is 0 Å². The number of benzene rings is 2. The van der Waals surface area contributed by atoms with Gasteiger partial charge in [-0.25, -0.2) is 0 Å². The van der Waals surface area contributed by atoms with Gasteiger partial charge in [-0.2, -0.15) is 0 Å². The normalized spacial score (nSPS) is 25.0. The van der Waals surface area contributed by atoms with E-state index in [2.05, 4.69) is 24.3 Å². The fraction of sp³-hybridized carbons (Fsp3) is 0.312. The van der Waals surface area contributed by atoms with Crippen LogP contribution < -0.4 is 0 Å². The molecule has 1 N–H and O–H groups in total. The summed E-state index contributed by atoms with van der Waals surface area (Å²) in [6.07, 6.45) is 0. The Labute approximate surface area is 106 Å². The minimum Gasteiger partial charge on any atom is -0.481 e. The molecule has 2 heteroatoms. The second-order valence-electron chi connectivity index (χ2n) is 5.68. The van der Waals surface area contributed by atoms with Crippen molar-refractivity contribution in [3.63, 3.8) is 0 Å². The SMILES string of the molecule is CC1(C)C(C(=O)O)C1c1cccc2ccccc12. The lowest BCUT2D eigenvalue weighted by Crippen LogP contribution is -2.03. The number of carboxylic acids is 1. The number of hydrogen-bond acceptors (Lipinski definition) is 1. The minimum absolute atomic E-state index is 0.126. The molecule has 1 aliphatic rings. The molecule has 0 amide bonds. The van der Waals surface area contributed by atoms with Gasteiger partial charge in [-0.1, -0.05) is 56.3 Å². The molecule has 0 aliphatic heterocycles. The van der Waals surface area contributed by atoms with Gasteiger partial charge in [0.25, 0.3) is 0 Å². The van der Waals surface area contributed by atoms with Gasteiger partial charge in [0.1, 0.15) is 0 Å². The van der Waals surface area contributed by atoms with Gasteiger partial charge in [0.05, 0.1) is 5.92 Å². The molecule has 0 radical (unpaired) electrons. The van der Waals surface area contributed by atoms with Gasteiger partial charge in [0.2, 0.25) is 0 Å². The molecule has 2 unspecified atom stereocenters. The molecule has 1 fully saturated rings. The third-order valence-electron chi connectivity index (χ3n) is 4.25. The lowest BCUT2D eigenvalue weighted by Gasteiger charge is -2.07. The molecule has 2 aromatic carbocycles. The van der Waals surface area contributed by atoms with Gasteiger partial charge in [-0.05, 0) is 21.8 Å². The Morgan fingerprint density at radius 1 is 1.11 bits per heavy atom. The highest BCUT2D eigenvalue weighted by atomic mass is 16.4. The Balaban J connectivity index is 2.14. The molecular formula is C16H16O2. The Bertz CT molecular complexity index is 623. The van der Waals surface area contributed by atoms with E-state index in [1.807, 2.05) is 32.0 Å². The zero-order chi connectivity index (χ0) is 12.9. The number of carboxylic acid groups (broad SMARTS) is 1. The molecule has 0 spiro atoms. The summed E-state index contributed by atoms with van der Waals surface area (Å²) in [6, 6.07) is 14.3. The lowest BCUT2D eigenvalue weighted by molar-refractivity contribution is -0.139. The van der Waals surface area contributed by atoms with Crippen LogP contribution in [0.3, 0.4) is 0 Å². The maximum absolute atomic E-state index is 11.3. The molecule has 2 atom stereocenters. The minimum atomic E-state index is -0.682. The first-order chi connectivity index (χ1) is 8.53. The van der Waals surface area contributed by atoms with Crippen LogP contribution in [0.1, 0.15) is 25.3 Å². The summed E-state index contributed by atoms with van der Waals surface area (Å²) in [6.45, 7) is 4.08. The van der Waals surface area contributed by atoms with Crippen molar-refractivity contribution in [2.45, 2.75) is 19.8 Å². The first kappa shape index (κ1) is 11.3. The quantitative estimate of drug-likeness (QED) is 0.869. The van der Waals surface area contributed by atoms with Crippen molar-refractivity contribution in [1.29, 1.82) is 0 Å². The summed E-state index contributed by atoms with van der Waals surface area (Å²) >= 11 is 0. The summed E-state index contributed by atoms with van der Waals surface area (Å²) in [4.78, 5) is 11.3. The standard InChI is InChI=1S/C16H16O2/c1-16(2)13(14(16)15(17)18)12-9-5-7-10-6-3-4-8-11(10)12/h3-9,13-14H,1-2H3,(H,17,18). The molecule has 0 saturated heterocycles. The van der Waals surface area contributed by atoms with Gasteiger partial charge in [0.15, 0.2) is 0 Å². The zero-order valence-corrected chi connectivity index (χ0v) is 10.6. The van der Waals surface area contributed by atoms with Crippen molar-refractivity contribution in [2.75, 3.05) is 0 Å². The third kappa shape index (κ3) is 1.45. The number of carbonyl (C=O) groups is 1. The van der Waals surface area contributed by atoms with Gasteiger partial charge in [-0.15, -0.1) is 0 Å². The number of rotatable bonds is 2. The highest BCUT2D eigenvalue weighted by molar-refractivity contribution is 5.88. The van der Waals surface area contributed by atoms with Crippen LogP contribution in [0.4, 0.5) is 0 Å². The van der Waals surface area contributed by atoms with Crippen LogP contribution in [0.2, 0.25) is 0 Å². The van der Waals surface area contributed by atoms with Crippen LogP contribution in [-0.2, 0) is 4.79 Å². The van der Waals surface area contributed by atoms with E-state index in [-0.39, 0.29) is 17.3 Å². The van der Waals surface area contributed by atoms with Gasteiger partial charge in [-0.3, -0.25) is 4.79 Å². The summed E-state index contributed by atoms with van der Waals surface area (Å²) in [5.74, 6) is -0.817.